The zero-order chi connectivity index (χ0) is 22.2. The molecule has 0 radical (unpaired) electrons. The molecule has 1 saturated heterocycles. The Balaban J connectivity index is 2.15. The quantitative estimate of drug-likeness (QED) is 0.718. The molecule has 30 heavy (non-hydrogen) atoms. The van der Waals surface area contributed by atoms with Crippen LogP contribution in [0.5, 0.6) is 0 Å². The van der Waals surface area contributed by atoms with Gasteiger partial charge in [0.25, 0.3) is 0 Å². The van der Waals surface area contributed by atoms with E-state index in [1.807, 2.05) is 39.0 Å². The van der Waals surface area contributed by atoms with E-state index < -0.39 is 41.6 Å². The smallest absolute Gasteiger partial charge is 0.411 e. The van der Waals surface area contributed by atoms with E-state index in [-0.39, 0.29) is 12.7 Å². The Hall–Kier alpha value is -2.08. The molecule has 166 valence electrons. The molecule has 0 aromatic heterocycles. The molecule has 1 aromatic carbocycles. The first-order valence-corrected chi connectivity index (χ1v) is 11.0. The molecule has 0 spiro atoms. The lowest BCUT2D eigenvalue weighted by Gasteiger charge is -2.34. The number of amides is 1. The van der Waals surface area contributed by atoms with Gasteiger partial charge in [-0.1, -0.05) is 45.0 Å². The number of carbonyl (C=O) groups excluding carboxylic acids is 2. The minimum atomic E-state index is -0.918. The van der Waals surface area contributed by atoms with Crippen LogP contribution in [-0.2, 0) is 14.3 Å². The van der Waals surface area contributed by atoms with E-state index in [1.54, 1.807) is 20.8 Å². The van der Waals surface area contributed by atoms with Gasteiger partial charge in [-0.05, 0) is 56.1 Å². The minimum Gasteiger partial charge on any atom is -0.464 e. The van der Waals surface area contributed by atoms with Crippen molar-refractivity contribution in [3.05, 3.63) is 35.4 Å². The van der Waals surface area contributed by atoms with Gasteiger partial charge in [0, 0.05) is 5.92 Å². The number of ether oxygens (including phenoxy) is 2. The van der Waals surface area contributed by atoms with Crippen molar-refractivity contribution in [2.24, 2.45) is 11.3 Å². The number of carbonyl (C=O) groups is 2. The predicted molar refractivity (Wildman–Crippen MR) is 114 cm³/mol. The number of hydrogen-bond acceptors (Lipinski definition) is 5. The average molecular weight is 418 g/mol. The second-order valence-electron chi connectivity index (χ2n) is 9.77. The van der Waals surface area contributed by atoms with Gasteiger partial charge < -0.3 is 14.6 Å². The number of aliphatic hydroxyl groups excluding tert-OH is 1. The summed E-state index contributed by atoms with van der Waals surface area (Å²) in [6.07, 6.45) is 0.342. The molecule has 0 bridgehead atoms. The Morgan fingerprint density at radius 2 is 1.77 bits per heavy atom. The molecule has 1 heterocycles. The number of aliphatic hydroxyl groups is 1. The van der Waals surface area contributed by atoms with Crippen LogP contribution in [0.25, 0.3) is 0 Å². The summed E-state index contributed by atoms with van der Waals surface area (Å²) in [4.78, 5) is 27.8. The molecule has 1 aromatic rings. The Morgan fingerprint density at radius 1 is 1.17 bits per heavy atom. The summed E-state index contributed by atoms with van der Waals surface area (Å²) in [6.45, 7) is 11.4. The first kappa shape index (κ1) is 22.6. The first-order valence-electron chi connectivity index (χ1n) is 11.0. The van der Waals surface area contributed by atoms with Gasteiger partial charge in [-0.15, -0.1) is 0 Å². The summed E-state index contributed by atoms with van der Waals surface area (Å²) in [5.74, 6) is -0.553. The van der Waals surface area contributed by atoms with Crippen molar-refractivity contribution in [3.8, 4) is 0 Å². The van der Waals surface area contributed by atoms with Gasteiger partial charge >= 0.3 is 12.1 Å². The first-order chi connectivity index (χ1) is 14.1. The summed E-state index contributed by atoms with van der Waals surface area (Å²) in [7, 11) is 0. The van der Waals surface area contributed by atoms with Crippen LogP contribution in [0.4, 0.5) is 4.79 Å². The van der Waals surface area contributed by atoms with Crippen LogP contribution in [0.1, 0.15) is 77.5 Å². The maximum absolute atomic E-state index is 13.3. The number of nitrogens with zero attached hydrogens (tertiary/aromatic N) is 1. The molecule has 1 aliphatic heterocycles. The van der Waals surface area contributed by atoms with Crippen molar-refractivity contribution in [1.29, 1.82) is 0 Å². The van der Waals surface area contributed by atoms with Crippen LogP contribution in [0.2, 0.25) is 0 Å². The van der Waals surface area contributed by atoms with Crippen LogP contribution in [-0.4, -0.2) is 46.9 Å². The number of hydrogen-bond donors (Lipinski definition) is 1. The van der Waals surface area contributed by atoms with Crippen molar-refractivity contribution in [3.63, 3.8) is 0 Å². The number of benzene rings is 1. The molecular formula is C24H35NO5. The maximum Gasteiger partial charge on any atom is 0.411 e. The topological polar surface area (TPSA) is 76.1 Å². The van der Waals surface area contributed by atoms with Gasteiger partial charge in [0.15, 0.2) is 0 Å². The second kappa shape index (κ2) is 8.58. The van der Waals surface area contributed by atoms with Crippen LogP contribution in [0, 0.1) is 11.3 Å². The highest BCUT2D eigenvalue weighted by Gasteiger charge is 2.59. The highest BCUT2D eigenvalue weighted by molar-refractivity contribution is 5.83. The lowest BCUT2D eigenvalue weighted by Crippen LogP contribution is -2.48. The molecule has 6 heteroatoms. The van der Waals surface area contributed by atoms with Crippen molar-refractivity contribution in [1.82, 2.24) is 4.90 Å². The molecule has 3 rings (SSSR count). The molecule has 1 amide bonds. The minimum absolute atomic E-state index is 0.207. The summed E-state index contributed by atoms with van der Waals surface area (Å²) in [6, 6.07) is 6.36. The number of rotatable bonds is 5. The number of likely N-dealkylation sites (tertiary alicyclic amines) is 1. The third-order valence-electron chi connectivity index (χ3n) is 6.04. The van der Waals surface area contributed by atoms with Gasteiger partial charge in [-0.2, -0.15) is 0 Å². The Morgan fingerprint density at radius 3 is 2.27 bits per heavy atom. The van der Waals surface area contributed by atoms with E-state index in [2.05, 4.69) is 6.07 Å². The van der Waals surface area contributed by atoms with Crippen molar-refractivity contribution < 1.29 is 24.2 Å². The van der Waals surface area contributed by atoms with E-state index in [4.69, 9.17) is 9.47 Å². The fourth-order valence-electron chi connectivity index (χ4n) is 4.74. The number of esters is 1. The zero-order valence-corrected chi connectivity index (χ0v) is 18.9. The van der Waals surface area contributed by atoms with Gasteiger partial charge in [-0.3, -0.25) is 4.90 Å². The summed E-state index contributed by atoms with van der Waals surface area (Å²) in [5, 5.41) is 11.5. The Kier molecular flexibility index (Phi) is 6.46. The van der Waals surface area contributed by atoms with E-state index >= 15 is 0 Å². The molecule has 0 unspecified atom stereocenters. The predicted octanol–water partition coefficient (Wildman–Crippen LogP) is 4.42. The summed E-state index contributed by atoms with van der Waals surface area (Å²) < 4.78 is 10.9. The largest absolute Gasteiger partial charge is 0.464 e. The molecule has 2 fully saturated rings. The van der Waals surface area contributed by atoms with Crippen LogP contribution < -0.4 is 0 Å². The molecule has 1 N–H and O–H groups in total. The second-order valence-corrected chi connectivity index (χ2v) is 9.77. The molecule has 4 atom stereocenters. The van der Waals surface area contributed by atoms with Crippen LogP contribution >= 0.6 is 0 Å². The third kappa shape index (κ3) is 4.34. The van der Waals surface area contributed by atoms with Crippen molar-refractivity contribution in [2.45, 2.75) is 84.6 Å². The van der Waals surface area contributed by atoms with E-state index in [1.165, 1.54) is 4.90 Å². The van der Waals surface area contributed by atoms with Crippen LogP contribution in [0.15, 0.2) is 24.3 Å². The fourth-order valence-corrected chi connectivity index (χ4v) is 4.74. The van der Waals surface area contributed by atoms with E-state index in [9.17, 15) is 14.7 Å². The average Bonchev–Trinajstić information content (AvgIpc) is 3.43. The Bertz CT molecular complexity index is 780. The molecule has 1 saturated carbocycles. The third-order valence-corrected chi connectivity index (χ3v) is 6.04. The standard InChI is InChI=1S/C24H35NO5/c1-7-29-22(27)20-18(24(4,5)6)21(26)19(25(20)23(28)30-14(2)3)17-11-9-8-10-16(17)15-12-13-15/h8-11,14-15,18-21,26H,7,12-13H2,1-6H3/t18-,19+,20+,21+/m1/s1. The molecule has 2 aliphatic rings. The van der Waals surface area contributed by atoms with Gasteiger partial charge in [0.1, 0.15) is 6.04 Å². The highest BCUT2D eigenvalue weighted by Crippen LogP contribution is 2.51. The van der Waals surface area contributed by atoms with Gasteiger partial charge in [0.2, 0.25) is 0 Å². The molecule has 1 aliphatic carbocycles. The highest BCUT2D eigenvalue weighted by atomic mass is 16.6. The lowest BCUT2D eigenvalue weighted by molar-refractivity contribution is -0.151. The van der Waals surface area contributed by atoms with Crippen LogP contribution in [0.3, 0.4) is 0 Å². The summed E-state index contributed by atoms with van der Waals surface area (Å²) >= 11 is 0. The van der Waals surface area contributed by atoms with E-state index in [0.29, 0.717) is 5.92 Å². The zero-order valence-electron chi connectivity index (χ0n) is 18.9. The molecule has 6 nitrogen and oxygen atoms in total. The van der Waals surface area contributed by atoms with E-state index in [0.717, 1.165) is 24.0 Å². The fraction of sp³-hybridized carbons (Fsp3) is 0.667. The Labute approximate surface area is 179 Å². The molecular weight excluding hydrogens is 382 g/mol. The summed E-state index contributed by atoms with van der Waals surface area (Å²) in [5.41, 5.74) is 1.60. The van der Waals surface area contributed by atoms with Crippen molar-refractivity contribution >= 4 is 12.1 Å². The SMILES string of the molecule is CCOC(=O)[C@@H]1[C@@H](C(C)(C)C)[C@H](O)[C@H](c2ccccc2C2CC2)N1C(=O)OC(C)C. The normalized spacial score (nSPS) is 26.7. The monoisotopic (exact) mass is 417 g/mol. The van der Waals surface area contributed by atoms with Gasteiger partial charge in [-0.25, -0.2) is 9.59 Å². The van der Waals surface area contributed by atoms with Gasteiger partial charge in [0.05, 0.1) is 24.9 Å². The van der Waals surface area contributed by atoms with Crippen molar-refractivity contribution in [2.75, 3.05) is 6.61 Å². The lowest BCUT2D eigenvalue weighted by atomic mass is 9.73. The maximum atomic E-state index is 13.3.